The summed E-state index contributed by atoms with van der Waals surface area (Å²) in [6, 6.07) is 8.66. The van der Waals surface area contributed by atoms with Crippen molar-refractivity contribution in [3.8, 4) is 0 Å². The molecule has 0 spiro atoms. The Hall–Kier alpha value is -1.79. The fourth-order valence-electron chi connectivity index (χ4n) is 1.94. The molecule has 1 aromatic carbocycles. The molecular formula is C12H11N3O2S. The van der Waals surface area contributed by atoms with Gasteiger partial charge in [-0.1, -0.05) is 42.3 Å². The Morgan fingerprint density at radius 3 is 2.78 bits per heavy atom. The molecule has 3 rings (SSSR count). The van der Waals surface area contributed by atoms with E-state index in [9.17, 15) is 9.59 Å². The molecule has 2 heterocycles. The second kappa shape index (κ2) is 4.47. The van der Waals surface area contributed by atoms with E-state index in [2.05, 4.69) is 10.0 Å². The Morgan fingerprint density at radius 2 is 2.00 bits per heavy atom. The van der Waals surface area contributed by atoms with Crippen LogP contribution in [0.3, 0.4) is 0 Å². The van der Waals surface area contributed by atoms with E-state index < -0.39 is 6.04 Å². The van der Waals surface area contributed by atoms with Gasteiger partial charge in [-0.3, -0.25) is 9.69 Å². The molecule has 2 aliphatic rings. The summed E-state index contributed by atoms with van der Waals surface area (Å²) in [5.41, 5.74) is 1.57. The molecule has 92 valence electrons. The average Bonchev–Trinajstić information content (AvgIpc) is 2.84. The predicted molar refractivity (Wildman–Crippen MR) is 68.1 cm³/mol. The smallest absolute Gasteiger partial charge is 0.308 e. The van der Waals surface area contributed by atoms with Crippen molar-refractivity contribution in [2.24, 2.45) is 0 Å². The Labute approximate surface area is 108 Å². The summed E-state index contributed by atoms with van der Waals surface area (Å²) < 4.78 is 2.96. The second-order valence-electron chi connectivity index (χ2n) is 4.08. The third kappa shape index (κ3) is 1.89. The third-order valence-electron chi connectivity index (χ3n) is 2.88. The van der Waals surface area contributed by atoms with E-state index in [0.717, 1.165) is 5.56 Å². The van der Waals surface area contributed by atoms with Crippen LogP contribution in [0.5, 0.6) is 0 Å². The number of fused-ring (bicyclic) bond motifs is 1. The van der Waals surface area contributed by atoms with Gasteiger partial charge in [0.15, 0.2) is 0 Å². The molecule has 0 aliphatic carbocycles. The molecule has 5 nitrogen and oxygen atoms in total. The number of hydrogen-bond donors (Lipinski definition) is 2. The quantitative estimate of drug-likeness (QED) is 0.785. The molecule has 1 unspecified atom stereocenters. The molecule has 6 heteroatoms. The third-order valence-corrected chi connectivity index (χ3v) is 3.62. The molecule has 18 heavy (non-hydrogen) atoms. The summed E-state index contributed by atoms with van der Waals surface area (Å²) in [5, 5.41) is 4.47. The molecule has 2 N–H and O–H groups in total. The van der Waals surface area contributed by atoms with Gasteiger partial charge in [0.05, 0.1) is 12.2 Å². The zero-order valence-electron chi connectivity index (χ0n) is 9.42. The van der Waals surface area contributed by atoms with Crippen molar-refractivity contribution in [1.29, 1.82) is 0 Å². The number of benzene rings is 1. The van der Waals surface area contributed by atoms with E-state index in [4.69, 9.17) is 0 Å². The summed E-state index contributed by atoms with van der Waals surface area (Å²) in [4.78, 5) is 25.3. The fourth-order valence-corrected chi connectivity index (χ4v) is 2.70. The van der Waals surface area contributed by atoms with Crippen molar-refractivity contribution < 1.29 is 9.59 Å². The maximum atomic E-state index is 12.2. The lowest BCUT2D eigenvalue weighted by molar-refractivity contribution is -0.130. The van der Waals surface area contributed by atoms with Crippen LogP contribution in [0.4, 0.5) is 4.79 Å². The number of nitrogens with one attached hydrogen (secondary N) is 2. The number of amides is 3. The first kappa shape index (κ1) is 11.3. The van der Waals surface area contributed by atoms with Gasteiger partial charge in [0.1, 0.15) is 6.04 Å². The number of hydrogen-bond acceptors (Lipinski definition) is 4. The molecule has 1 fully saturated rings. The van der Waals surface area contributed by atoms with Crippen LogP contribution in [0.25, 0.3) is 0 Å². The Balaban J connectivity index is 1.82. The first-order valence-corrected chi connectivity index (χ1v) is 6.41. The number of imide groups is 1. The van der Waals surface area contributed by atoms with Crippen LogP contribution in [0.15, 0.2) is 41.4 Å². The summed E-state index contributed by atoms with van der Waals surface area (Å²) in [6.07, 6.45) is 0. The minimum atomic E-state index is -0.434. The zero-order chi connectivity index (χ0) is 12.5. The topological polar surface area (TPSA) is 61.4 Å². The van der Waals surface area contributed by atoms with Crippen LogP contribution in [0.1, 0.15) is 5.56 Å². The largest absolute Gasteiger partial charge is 0.328 e. The average molecular weight is 261 g/mol. The summed E-state index contributed by atoms with van der Waals surface area (Å²) in [7, 11) is 0. The van der Waals surface area contributed by atoms with E-state index in [1.54, 1.807) is 5.41 Å². The van der Waals surface area contributed by atoms with Gasteiger partial charge in [0.25, 0.3) is 5.91 Å². The van der Waals surface area contributed by atoms with Crippen molar-refractivity contribution in [3.05, 3.63) is 47.0 Å². The van der Waals surface area contributed by atoms with Crippen LogP contribution in [0, 0.1) is 0 Å². The summed E-state index contributed by atoms with van der Waals surface area (Å²) >= 11 is 1.32. The van der Waals surface area contributed by atoms with Crippen LogP contribution in [-0.4, -0.2) is 22.9 Å². The molecule has 1 saturated heterocycles. The van der Waals surface area contributed by atoms with E-state index in [1.807, 2.05) is 30.3 Å². The lowest BCUT2D eigenvalue weighted by Crippen LogP contribution is -2.57. The van der Waals surface area contributed by atoms with Gasteiger partial charge in [-0.15, -0.1) is 0 Å². The summed E-state index contributed by atoms with van der Waals surface area (Å²) in [5.74, 6) is -0.209. The highest BCUT2D eigenvalue weighted by molar-refractivity contribution is 8.00. The zero-order valence-corrected chi connectivity index (χ0v) is 10.2. The fraction of sp³-hybridized carbons (Fsp3) is 0.167. The van der Waals surface area contributed by atoms with Gasteiger partial charge in [-0.25, -0.2) is 9.52 Å². The molecule has 1 atom stereocenters. The molecule has 0 radical (unpaired) electrons. The van der Waals surface area contributed by atoms with E-state index in [1.165, 1.54) is 16.8 Å². The van der Waals surface area contributed by atoms with E-state index in [0.29, 0.717) is 12.2 Å². The molecule has 0 bridgehead atoms. The molecule has 3 amide bonds. The predicted octanol–water partition coefficient (Wildman–Crippen LogP) is 1.20. The number of carbonyl (C=O) groups excluding carboxylic acids is 2. The Kier molecular flexibility index (Phi) is 2.81. The molecule has 1 aromatic rings. The van der Waals surface area contributed by atoms with Gasteiger partial charge < -0.3 is 5.32 Å². The molecular weight excluding hydrogens is 250 g/mol. The Morgan fingerprint density at radius 1 is 1.22 bits per heavy atom. The molecule has 2 aliphatic heterocycles. The van der Waals surface area contributed by atoms with Gasteiger partial charge in [-0.05, 0) is 5.56 Å². The van der Waals surface area contributed by atoms with Crippen LogP contribution in [0.2, 0.25) is 0 Å². The maximum Gasteiger partial charge on any atom is 0.328 e. The van der Waals surface area contributed by atoms with Crippen LogP contribution < -0.4 is 10.0 Å². The van der Waals surface area contributed by atoms with Crippen molar-refractivity contribution in [2.75, 3.05) is 0 Å². The lowest BCUT2D eigenvalue weighted by Gasteiger charge is -2.30. The first-order valence-electron chi connectivity index (χ1n) is 5.53. The minimum absolute atomic E-state index is 0.209. The summed E-state index contributed by atoms with van der Waals surface area (Å²) in [6.45, 7) is 0.293. The standard InChI is InChI=1S/C12H11N3O2S/c16-11-10-9(7-18-14-10)13-12(17)15(11)6-8-4-2-1-3-5-8/h1-5,7,10,14H,6H2,(H,13,17). The highest BCUT2D eigenvalue weighted by Crippen LogP contribution is 2.23. The SMILES string of the molecule is O=C1NC2=CSNC2C(=O)N1Cc1ccccc1. The number of nitrogens with zero attached hydrogens (tertiary/aromatic N) is 1. The number of urea groups is 1. The van der Waals surface area contributed by atoms with Gasteiger partial charge in [0, 0.05) is 5.41 Å². The van der Waals surface area contributed by atoms with Crippen LogP contribution in [-0.2, 0) is 11.3 Å². The highest BCUT2D eigenvalue weighted by Gasteiger charge is 2.39. The van der Waals surface area contributed by atoms with Crippen molar-refractivity contribution in [2.45, 2.75) is 12.6 Å². The second-order valence-corrected chi connectivity index (χ2v) is 4.79. The van der Waals surface area contributed by atoms with Gasteiger partial charge in [0.2, 0.25) is 0 Å². The minimum Gasteiger partial charge on any atom is -0.308 e. The first-order chi connectivity index (χ1) is 8.75. The Bertz CT molecular complexity index is 529. The molecule has 0 aromatic heterocycles. The van der Waals surface area contributed by atoms with E-state index >= 15 is 0 Å². The van der Waals surface area contributed by atoms with Gasteiger partial charge in [-0.2, -0.15) is 0 Å². The van der Waals surface area contributed by atoms with E-state index in [-0.39, 0.29) is 11.9 Å². The van der Waals surface area contributed by atoms with Crippen molar-refractivity contribution >= 4 is 23.9 Å². The number of carbonyl (C=O) groups is 2. The normalized spacial score (nSPS) is 22.6. The molecule has 0 saturated carbocycles. The number of rotatable bonds is 2. The highest BCUT2D eigenvalue weighted by atomic mass is 32.2. The maximum absolute atomic E-state index is 12.2. The van der Waals surface area contributed by atoms with Crippen molar-refractivity contribution in [1.82, 2.24) is 14.9 Å². The van der Waals surface area contributed by atoms with Crippen LogP contribution >= 0.6 is 11.9 Å². The lowest BCUT2D eigenvalue weighted by atomic mass is 10.1. The van der Waals surface area contributed by atoms with Crippen molar-refractivity contribution in [3.63, 3.8) is 0 Å². The monoisotopic (exact) mass is 261 g/mol. The van der Waals surface area contributed by atoms with Gasteiger partial charge >= 0.3 is 6.03 Å².